The van der Waals surface area contributed by atoms with Crippen LogP contribution in [0.3, 0.4) is 0 Å². The third-order valence-corrected chi connectivity index (χ3v) is 8.03. The van der Waals surface area contributed by atoms with Crippen molar-refractivity contribution in [1.82, 2.24) is 20.1 Å². The zero-order valence-corrected chi connectivity index (χ0v) is 19.0. The van der Waals surface area contributed by atoms with E-state index in [9.17, 15) is 22.8 Å². The van der Waals surface area contributed by atoms with Crippen molar-refractivity contribution >= 4 is 27.9 Å². The third-order valence-electron chi connectivity index (χ3n) is 6.20. The molecule has 1 aromatic rings. The molecule has 0 bridgehead atoms. The van der Waals surface area contributed by atoms with E-state index in [1.54, 1.807) is 13.8 Å². The highest BCUT2D eigenvalue weighted by atomic mass is 32.2. The number of rotatable bonds is 4. The van der Waals surface area contributed by atoms with Gasteiger partial charge in [0.05, 0.1) is 17.1 Å². The van der Waals surface area contributed by atoms with Gasteiger partial charge in [0.15, 0.2) is 0 Å². The molecule has 1 aromatic carbocycles. The van der Waals surface area contributed by atoms with Gasteiger partial charge in [-0.15, -0.1) is 0 Å². The number of morpholine rings is 1. The molecular formula is C21H28N4O6S. The topological polar surface area (TPSA) is 125 Å². The van der Waals surface area contributed by atoms with Gasteiger partial charge in [-0.1, -0.05) is 25.3 Å². The first-order valence-electron chi connectivity index (χ1n) is 10.9. The quantitative estimate of drug-likeness (QED) is 0.649. The first-order chi connectivity index (χ1) is 15.1. The van der Waals surface area contributed by atoms with Gasteiger partial charge < -0.3 is 10.1 Å². The molecular weight excluding hydrogens is 436 g/mol. The molecule has 3 aliphatic rings. The van der Waals surface area contributed by atoms with Crippen LogP contribution in [-0.4, -0.2) is 66.4 Å². The summed E-state index contributed by atoms with van der Waals surface area (Å²) in [7, 11) is -3.84. The molecule has 0 radical (unpaired) electrons. The Labute approximate surface area is 187 Å². The molecule has 2 N–H and O–H groups in total. The zero-order valence-electron chi connectivity index (χ0n) is 18.2. The fourth-order valence-electron chi connectivity index (χ4n) is 4.66. The average molecular weight is 465 g/mol. The van der Waals surface area contributed by atoms with Crippen LogP contribution < -0.4 is 10.7 Å². The Bertz CT molecular complexity index is 1030. The van der Waals surface area contributed by atoms with Crippen LogP contribution in [0.5, 0.6) is 0 Å². The first kappa shape index (κ1) is 22.7. The monoisotopic (exact) mass is 464 g/mol. The third kappa shape index (κ3) is 4.12. The Hall–Kier alpha value is -2.50. The van der Waals surface area contributed by atoms with Crippen molar-refractivity contribution in [2.75, 3.05) is 13.1 Å². The Morgan fingerprint density at radius 3 is 2.44 bits per heavy atom. The highest BCUT2D eigenvalue weighted by molar-refractivity contribution is 7.89. The van der Waals surface area contributed by atoms with Crippen LogP contribution in [0.15, 0.2) is 29.2 Å². The molecule has 4 rings (SSSR count). The number of hydrogen-bond donors (Lipinski definition) is 2. The van der Waals surface area contributed by atoms with Gasteiger partial charge in [0, 0.05) is 18.7 Å². The summed E-state index contributed by atoms with van der Waals surface area (Å²) in [4.78, 5) is 38.0. The molecule has 1 spiro atoms. The molecule has 2 aliphatic heterocycles. The van der Waals surface area contributed by atoms with Crippen molar-refractivity contribution in [3.05, 3.63) is 29.8 Å². The number of hydrazine groups is 1. The smallest absolute Gasteiger partial charge is 0.344 e. The average Bonchev–Trinajstić information content (AvgIpc) is 2.97. The Balaban J connectivity index is 1.51. The molecule has 2 atom stereocenters. The molecule has 32 heavy (non-hydrogen) atoms. The van der Waals surface area contributed by atoms with Crippen LogP contribution in [-0.2, 0) is 19.6 Å². The number of carbonyl (C=O) groups excluding carboxylic acids is 3. The highest BCUT2D eigenvalue weighted by Gasteiger charge is 2.52. The SMILES string of the molecule is CC1CN(S(=O)(=O)c2cccc(C(=O)NN3C(=O)NC4(CCCCC4)C3=O)c2)CC(C)O1. The van der Waals surface area contributed by atoms with E-state index in [0.717, 1.165) is 19.3 Å². The van der Waals surface area contributed by atoms with Crippen molar-refractivity contribution in [1.29, 1.82) is 0 Å². The normalized spacial score (nSPS) is 26.2. The lowest BCUT2D eigenvalue weighted by atomic mass is 9.82. The minimum atomic E-state index is -3.84. The van der Waals surface area contributed by atoms with E-state index in [-0.39, 0.29) is 35.8 Å². The second-order valence-corrected chi connectivity index (χ2v) is 10.7. The predicted octanol–water partition coefficient (Wildman–Crippen LogP) is 1.38. The fraction of sp³-hybridized carbons (Fsp3) is 0.571. The summed E-state index contributed by atoms with van der Waals surface area (Å²) in [6.45, 7) is 4.04. The molecule has 11 heteroatoms. The number of urea groups is 1. The maximum absolute atomic E-state index is 13.1. The summed E-state index contributed by atoms with van der Waals surface area (Å²) < 4.78 is 33.2. The van der Waals surface area contributed by atoms with Crippen molar-refractivity contribution in [2.24, 2.45) is 0 Å². The number of imide groups is 1. The van der Waals surface area contributed by atoms with Crippen molar-refractivity contribution in [2.45, 2.75) is 68.6 Å². The predicted molar refractivity (Wildman–Crippen MR) is 114 cm³/mol. The van der Waals surface area contributed by atoms with Gasteiger partial charge in [0.2, 0.25) is 10.0 Å². The van der Waals surface area contributed by atoms with Crippen LogP contribution in [0.4, 0.5) is 4.79 Å². The number of benzene rings is 1. The molecule has 0 aromatic heterocycles. The molecule has 2 heterocycles. The van der Waals surface area contributed by atoms with Gasteiger partial charge in [-0.3, -0.25) is 15.0 Å². The lowest BCUT2D eigenvalue weighted by Gasteiger charge is -2.34. The van der Waals surface area contributed by atoms with Gasteiger partial charge >= 0.3 is 6.03 Å². The summed E-state index contributed by atoms with van der Waals surface area (Å²) in [5, 5.41) is 3.43. The molecule has 4 amide bonds. The van der Waals surface area contributed by atoms with Gasteiger partial charge in [-0.05, 0) is 44.9 Å². The molecule has 2 saturated heterocycles. The van der Waals surface area contributed by atoms with Crippen molar-refractivity contribution < 1.29 is 27.5 Å². The maximum atomic E-state index is 13.1. The summed E-state index contributed by atoms with van der Waals surface area (Å²) in [6, 6.07) is 4.90. The Kier molecular flexibility index (Phi) is 5.99. The van der Waals surface area contributed by atoms with E-state index in [4.69, 9.17) is 4.74 Å². The minimum absolute atomic E-state index is 0.0330. The number of carbonyl (C=O) groups is 3. The number of sulfonamides is 1. The summed E-state index contributed by atoms with van der Waals surface area (Å²) in [5.74, 6) is -1.21. The number of nitrogens with zero attached hydrogens (tertiary/aromatic N) is 2. The molecule has 174 valence electrons. The zero-order chi connectivity index (χ0) is 23.1. The summed E-state index contributed by atoms with van der Waals surface area (Å²) in [5.41, 5.74) is 1.42. The van der Waals surface area contributed by atoms with E-state index in [2.05, 4.69) is 10.7 Å². The lowest BCUT2D eigenvalue weighted by molar-refractivity contribution is -0.134. The maximum Gasteiger partial charge on any atom is 0.344 e. The van der Waals surface area contributed by atoms with Crippen molar-refractivity contribution in [3.8, 4) is 0 Å². The molecule has 2 unspecified atom stereocenters. The van der Waals surface area contributed by atoms with Crippen LogP contribution in [0.2, 0.25) is 0 Å². The highest BCUT2D eigenvalue weighted by Crippen LogP contribution is 2.33. The number of hydrogen-bond acceptors (Lipinski definition) is 6. The van der Waals surface area contributed by atoms with Crippen LogP contribution in [0.25, 0.3) is 0 Å². The molecule has 10 nitrogen and oxygen atoms in total. The van der Waals surface area contributed by atoms with E-state index in [1.165, 1.54) is 28.6 Å². The van der Waals surface area contributed by atoms with Crippen LogP contribution in [0.1, 0.15) is 56.3 Å². The van der Waals surface area contributed by atoms with Gasteiger partial charge in [-0.25, -0.2) is 13.2 Å². The van der Waals surface area contributed by atoms with E-state index in [0.29, 0.717) is 17.9 Å². The standard InChI is InChI=1S/C21H28N4O6S/c1-14-12-24(13-15(2)31-14)32(29,30)17-8-6-7-16(11-17)18(26)23-25-19(27)21(22-20(25)28)9-4-3-5-10-21/h6-8,11,14-15H,3-5,9-10,12-13H2,1-2H3,(H,22,28)(H,23,26). The van der Waals surface area contributed by atoms with Gasteiger partial charge in [0.1, 0.15) is 5.54 Å². The second-order valence-electron chi connectivity index (χ2n) is 8.76. The van der Waals surface area contributed by atoms with E-state index in [1.807, 2.05) is 0 Å². The van der Waals surface area contributed by atoms with E-state index < -0.39 is 33.4 Å². The molecule has 3 fully saturated rings. The molecule has 1 saturated carbocycles. The lowest BCUT2D eigenvalue weighted by Crippen LogP contribution is -2.51. The Morgan fingerprint density at radius 2 is 1.78 bits per heavy atom. The van der Waals surface area contributed by atoms with Crippen molar-refractivity contribution in [3.63, 3.8) is 0 Å². The van der Waals surface area contributed by atoms with Gasteiger partial charge in [0.25, 0.3) is 11.8 Å². The first-order valence-corrected chi connectivity index (χ1v) is 12.3. The largest absolute Gasteiger partial charge is 0.373 e. The summed E-state index contributed by atoms with van der Waals surface area (Å²) >= 11 is 0. The van der Waals surface area contributed by atoms with Crippen LogP contribution >= 0.6 is 0 Å². The second kappa shape index (κ2) is 8.45. The summed E-state index contributed by atoms with van der Waals surface area (Å²) in [6.07, 6.45) is 3.24. The van der Waals surface area contributed by atoms with Crippen LogP contribution in [0, 0.1) is 0 Å². The van der Waals surface area contributed by atoms with Gasteiger partial charge in [-0.2, -0.15) is 9.31 Å². The van der Waals surface area contributed by atoms with E-state index >= 15 is 0 Å². The molecule has 1 aliphatic carbocycles. The number of ether oxygens (including phenoxy) is 1. The number of nitrogens with one attached hydrogen (secondary N) is 2. The minimum Gasteiger partial charge on any atom is -0.373 e. The Morgan fingerprint density at radius 1 is 1.12 bits per heavy atom. The fourth-order valence-corrected chi connectivity index (χ4v) is 6.29. The number of amides is 4.